The van der Waals surface area contributed by atoms with Crippen LogP contribution in [0.3, 0.4) is 0 Å². The molecule has 102 valence electrons. The van der Waals surface area contributed by atoms with E-state index in [1.54, 1.807) is 6.26 Å². The Balaban J connectivity index is 1.46. The Labute approximate surface area is 118 Å². The smallest absolute Gasteiger partial charge is 0.191 e. The Morgan fingerprint density at radius 2 is 2.10 bits per heavy atom. The molecule has 1 aromatic heterocycles. The second kappa shape index (κ2) is 4.51. The Morgan fingerprint density at radius 3 is 2.80 bits per heavy atom. The molecular weight excluding hydrogens is 248 g/mol. The first-order valence-corrected chi connectivity index (χ1v) is 7.25. The highest BCUT2D eigenvalue weighted by atomic mass is 16.3. The van der Waals surface area contributed by atoms with Gasteiger partial charge in [0.2, 0.25) is 0 Å². The van der Waals surface area contributed by atoms with Crippen LogP contribution in [0.2, 0.25) is 0 Å². The lowest BCUT2D eigenvalue weighted by Gasteiger charge is -2.41. The lowest BCUT2D eigenvalue weighted by Crippen LogP contribution is -2.43. The molecule has 2 aromatic rings. The van der Waals surface area contributed by atoms with E-state index in [1.165, 1.54) is 18.5 Å². The number of benzene rings is 1. The molecule has 1 heterocycles. The number of hydrogen-bond acceptors (Lipinski definition) is 3. The second-order valence-corrected chi connectivity index (χ2v) is 5.82. The van der Waals surface area contributed by atoms with Crippen molar-refractivity contribution in [3.63, 3.8) is 0 Å². The van der Waals surface area contributed by atoms with Gasteiger partial charge < -0.3 is 9.73 Å². The van der Waals surface area contributed by atoms with Crippen molar-refractivity contribution in [3.05, 3.63) is 48.6 Å². The Bertz CT molecular complexity index is 641. The molecule has 1 fully saturated rings. The number of hydrogen-bond donors (Lipinski definition) is 1. The van der Waals surface area contributed by atoms with E-state index in [4.69, 9.17) is 4.42 Å². The van der Waals surface area contributed by atoms with Gasteiger partial charge in [0.15, 0.2) is 5.89 Å². The molecule has 0 saturated heterocycles. The van der Waals surface area contributed by atoms with Gasteiger partial charge in [0.05, 0.1) is 0 Å². The third-order valence-electron chi connectivity index (χ3n) is 4.51. The molecule has 0 radical (unpaired) electrons. The lowest BCUT2D eigenvalue weighted by molar-refractivity contribution is 0.218. The van der Waals surface area contributed by atoms with Gasteiger partial charge in [-0.2, -0.15) is 0 Å². The summed E-state index contributed by atoms with van der Waals surface area (Å²) in [6, 6.07) is 9.07. The van der Waals surface area contributed by atoms with Gasteiger partial charge in [-0.1, -0.05) is 24.3 Å². The molecule has 0 amide bonds. The molecule has 3 nitrogen and oxygen atoms in total. The first-order chi connectivity index (χ1) is 9.79. The number of aromatic nitrogens is 1. The van der Waals surface area contributed by atoms with Gasteiger partial charge in [-0.05, 0) is 30.9 Å². The quantitative estimate of drug-likeness (QED) is 0.852. The van der Waals surface area contributed by atoms with Crippen molar-refractivity contribution in [2.75, 3.05) is 5.32 Å². The highest BCUT2D eigenvalue weighted by Crippen LogP contribution is 2.44. The van der Waals surface area contributed by atoms with E-state index in [2.05, 4.69) is 46.7 Å². The third-order valence-corrected chi connectivity index (χ3v) is 4.51. The van der Waals surface area contributed by atoms with Crippen LogP contribution >= 0.6 is 0 Å². The average Bonchev–Trinajstić information content (AvgIpc) is 3.03. The van der Waals surface area contributed by atoms with Crippen molar-refractivity contribution in [1.29, 1.82) is 0 Å². The van der Waals surface area contributed by atoms with Crippen molar-refractivity contribution >= 4 is 5.69 Å². The van der Waals surface area contributed by atoms with Gasteiger partial charge in [-0.3, -0.25) is 0 Å². The maximum atomic E-state index is 5.25. The zero-order valence-corrected chi connectivity index (χ0v) is 11.5. The highest BCUT2D eigenvalue weighted by molar-refractivity contribution is 5.62. The predicted molar refractivity (Wildman–Crippen MR) is 79.4 cm³/mol. The van der Waals surface area contributed by atoms with Gasteiger partial charge in [0.1, 0.15) is 12.0 Å². The number of rotatable bonds is 3. The van der Waals surface area contributed by atoms with E-state index in [0.717, 1.165) is 23.1 Å². The second-order valence-electron chi connectivity index (χ2n) is 5.82. The largest absolute Gasteiger partial charge is 0.449 e. The summed E-state index contributed by atoms with van der Waals surface area (Å²) in [5, 5.41) is 3.64. The van der Waals surface area contributed by atoms with E-state index in [0.29, 0.717) is 11.9 Å². The number of oxazole rings is 1. The van der Waals surface area contributed by atoms with Crippen molar-refractivity contribution < 1.29 is 4.42 Å². The molecule has 0 aliphatic heterocycles. The van der Waals surface area contributed by atoms with Crippen molar-refractivity contribution in [2.24, 2.45) is 11.8 Å². The van der Waals surface area contributed by atoms with Crippen molar-refractivity contribution in [1.82, 2.24) is 4.98 Å². The van der Waals surface area contributed by atoms with E-state index in [-0.39, 0.29) is 0 Å². The summed E-state index contributed by atoms with van der Waals surface area (Å²) in [6.45, 7) is 1.86. The number of fused-ring (bicyclic) bond motifs is 1. The van der Waals surface area contributed by atoms with E-state index < -0.39 is 0 Å². The minimum Gasteiger partial charge on any atom is -0.449 e. The van der Waals surface area contributed by atoms with E-state index in [9.17, 15) is 0 Å². The summed E-state index contributed by atoms with van der Waals surface area (Å²) in [5.74, 6) is 2.34. The van der Waals surface area contributed by atoms with E-state index >= 15 is 0 Å². The summed E-state index contributed by atoms with van der Waals surface area (Å²) in [4.78, 5) is 4.35. The first-order valence-electron chi connectivity index (χ1n) is 7.25. The summed E-state index contributed by atoms with van der Waals surface area (Å²) in [7, 11) is 0. The zero-order valence-electron chi connectivity index (χ0n) is 11.5. The van der Waals surface area contributed by atoms with E-state index in [1.807, 2.05) is 6.92 Å². The number of nitrogens with zero attached hydrogens (tertiary/aromatic N) is 1. The highest BCUT2D eigenvalue weighted by Gasteiger charge is 2.40. The Kier molecular flexibility index (Phi) is 2.66. The monoisotopic (exact) mass is 266 g/mol. The van der Waals surface area contributed by atoms with Crippen LogP contribution in [0.5, 0.6) is 0 Å². The maximum absolute atomic E-state index is 5.25. The fourth-order valence-electron chi connectivity index (χ4n) is 3.33. The summed E-state index contributed by atoms with van der Waals surface area (Å²) >= 11 is 0. The number of aryl methyl sites for hydroxylation is 1. The topological polar surface area (TPSA) is 38.1 Å². The lowest BCUT2D eigenvalue weighted by atomic mass is 9.71. The normalized spacial score (nSPS) is 27.1. The number of anilines is 1. The molecule has 20 heavy (non-hydrogen) atoms. The molecular formula is C17H18N2O. The molecule has 1 aromatic carbocycles. The fourth-order valence-corrected chi connectivity index (χ4v) is 3.33. The van der Waals surface area contributed by atoms with Gasteiger partial charge in [-0.25, -0.2) is 4.98 Å². The van der Waals surface area contributed by atoms with Crippen LogP contribution < -0.4 is 5.32 Å². The molecule has 2 aliphatic rings. The van der Waals surface area contributed by atoms with Crippen LogP contribution in [0.1, 0.15) is 18.7 Å². The Hall–Kier alpha value is -2.03. The van der Waals surface area contributed by atoms with Gasteiger partial charge >= 0.3 is 0 Å². The molecule has 1 saturated carbocycles. The molecule has 1 N–H and O–H groups in total. The van der Waals surface area contributed by atoms with Crippen LogP contribution in [0.25, 0.3) is 11.3 Å². The van der Waals surface area contributed by atoms with Crippen LogP contribution in [0.4, 0.5) is 5.69 Å². The zero-order chi connectivity index (χ0) is 13.5. The first kappa shape index (κ1) is 11.8. The molecule has 3 heteroatoms. The van der Waals surface area contributed by atoms with Gasteiger partial charge in [0.25, 0.3) is 0 Å². The minimum absolute atomic E-state index is 0.610. The van der Waals surface area contributed by atoms with Crippen LogP contribution in [-0.2, 0) is 0 Å². The minimum atomic E-state index is 0.610. The summed E-state index contributed by atoms with van der Waals surface area (Å²) in [5.41, 5.74) is 3.19. The average molecular weight is 266 g/mol. The SMILES string of the molecule is Cc1nc(-c2ccc(NC3CC4CC=CC43)cc2)co1. The van der Waals surface area contributed by atoms with Crippen LogP contribution in [-0.4, -0.2) is 11.0 Å². The molecule has 3 atom stereocenters. The van der Waals surface area contributed by atoms with Gasteiger partial charge in [0, 0.05) is 30.1 Å². The predicted octanol–water partition coefficient (Wildman–Crippen LogP) is 4.03. The summed E-state index contributed by atoms with van der Waals surface area (Å²) in [6.07, 6.45) is 8.97. The van der Waals surface area contributed by atoms with Crippen LogP contribution in [0, 0.1) is 18.8 Å². The third kappa shape index (κ3) is 1.94. The molecule has 3 unspecified atom stereocenters. The molecule has 2 aliphatic carbocycles. The Morgan fingerprint density at radius 1 is 1.25 bits per heavy atom. The van der Waals surface area contributed by atoms with Crippen LogP contribution in [0.15, 0.2) is 47.1 Å². The molecule has 0 bridgehead atoms. The summed E-state index contributed by atoms with van der Waals surface area (Å²) < 4.78 is 5.25. The number of allylic oxidation sites excluding steroid dienone is 1. The maximum Gasteiger partial charge on any atom is 0.191 e. The number of nitrogens with one attached hydrogen (secondary N) is 1. The van der Waals surface area contributed by atoms with Crippen molar-refractivity contribution in [3.8, 4) is 11.3 Å². The molecule has 4 rings (SSSR count). The van der Waals surface area contributed by atoms with Gasteiger partial charge in [-0.15, -0.1) is 0 Å². The fraction of sp³-hybridized carbons (Fsp3) is 0.353. The van der Waals surface area contributed by atoms with Crippen molar-refractivity contribution in [2.45, 2.75) is 25.8 Å². The molecule has 0 spiro atoms. The standard InChI is InChI=1S/C17H18N2O/c1-11-18-17(10-20-11)12-5-7-14(8-6-12)19-16-9-13-3-2-4-15(13)16/h2,4-8,10,13,15-16,19H,3,9H2,1H3.